The SMILES string of the molecule is CCn1cc2c(N3CCNC4(CC4)C3)cnc(C(=O)Nc3cc(F)c4nc(C)cn4c3)c2n1. The minimum Gasteiger partial charge on any atom is -0.367 e. The van der Waals surface area contributed by atoms with Gasteiger partial charge in [-0.15, -0.1) is 0 Å². The third kappa shape index (κ3) is 3.41. The Labute approximate surface area is 189 Å². The first kappa shape index (κ1) is 20.1. The van der Waals surface area contributed by atoms with Crippen molar-refractivity contribution in [1.29, 1.82) is 0 Å². The van der Waals surface area contributed by atoms with Crippen molar-refractivity contribution < 1.29 is 9.18 Å². The molecular formula is C23H25FN8O. The second kappa shape index (κ2) is 7.24. The lowest BCUT2D eigenvalue weighted by Gasteiger charge is -2.35. The van der Waals surface area contributed by atoms with Crippen molar-refractivity contribution in [2.45, 2.75) is 38.8 Å². The lowest BCUT2D eigenvalue weighted by Crippen LogP contribution is -2.52. The number of amides is 1. The molecule has 2 N–H and O–H groups in total. The summed E-state index contributed by atoms with van der Waals surface area (Å²) in [5.74, 6) is -0.931. The summed E-state index contributed by atoms with van der Waals surface area (Å²) in [6.07, 6.45) is 9.47. The van der Waals surface area contributed by atoms with Crippen molar-refractivity contribution in [2.75, 3.05) is 29.9 Å². The molecule has 5 heterocycles. The molecule has 6 rings (SSSR count). The quantitative estimate of drug-likeness (QED) is 0.499. The molecule has 2 aliphatic rings. The molecule has 1 saturated carbocycles. The fourth-order valence-corrected chi connectivity index (χ4v) is 4.71. The number of nitrogens with zero attached hydrogens (tertiary/aromatic N) is 6. The fourth-order valence-electron chi connectivity index (χ4n) is 4.71. The molecule has 9 nitrogen and oxygen atoms in total. The number of nitrogens with one attached hydrogen (secondary N) is 2. The first-order valence-corrected chi connectivity index (χ1v) is 11.3. The Balaban J connectivity index is 1.36. The third-order valence-corrected chi connectivity index (χ3v) is 6.57. The smallest absolute Gasteiger partial charge is 0.276 e. The average Bonchev–Trinajstić information content (AvgIpc) is 3.20. The zero-order valence-corrected chi connectivity index (χ0v) is 18.6. The number of rotatable bonds is 4. The molecule has 1 aliphatic heterocycles. The number of anilines is 2. The number of hydrogen-bond donors (Lipinski definition) is 2. The molecule has 1 amide bonds. The van der Waals surface area contributed by atoms with Crippen LogP contribution in [0.25, 0.3) is 16.6 Å². The van der Waals surface area contributed by atoms with Gasteiger partial charge in [0, 0.05) is 61.8 Å². The molecule has 4 aromatic rings. The van der Waals surface area contributed by atoms with Gasteiger partial charge in [0.1, 0.15) is 5.52 Å². The van der Waals surface area contributed by atoms with E-state index in [0.717, 1.165) is 30.7 Å². The van der Waals surface area contributed by atoms with Crippen LogP contribution in [0, 0.1) is 12.7 Å². The van der Waals surface area contributed by atoms with Gasteiger partial charge in [0.15, 0.2) is 17.2 Å². The van der Waals surface area contributed by atoms with Crippen molar-refractivity contribution in [1.82, 2.24) is 29.5 Å². The molecule has 1 saturated heterocycles. The maximum absolute atomic E-state index is 14.5. The summed E-state index contributed by atoms with van der Waals surface area (Å²) in [7, 11) is 0. The van der Waals surface area contributed by atoms with Gasteiger partial charge >= 0.3 is 0 Å². The number of aryl methyl sites for hydroxylation is 2. The normalized spacial score (nSPS) is 17.2. The van der Waals surface area contributed by atoms with Gasteiger partial charge in [0.25, 0.3) is 5.91 Å². The monoisotopic (exact) mass is 448 g/mol. The molecule has 0 aromatic carbocycles. The molecular weight excluding hydrogens is 423 g/mol. The van der Waals surface area contributed by atoms with Gasteiger partial charge in [-0.1, -0.05) is 0 Å². The van der Waals surface area contributed by atoms with Crippen LogP contribution in [0.1, 0.15) is 35.9 Å². The Morgan fingerprint density at radius 2 is 2.15 bits per heavy atom. The van der Waals surface area contributed by atoms with Crippen LogP contribution in [-0.2, 0) is 6.54 Å². The number of carbonyl (C=O) groups excluding carboxylic acids is 1. The molecule has 2 fully saturated rings. The number of carbonyl (C=O) groups is 1. The van der Waals surface area contributed by atoms with Crippen molar-refractivity contribution >= 4 is 33.8 Å². The van der Waals surface area contributed by atoms with Gasteiger partial charge < -0.3 is 19.9 Å². The highest BCUT2D eigenvalue weighted by Gasteiger charge is 2.45. The Hall–Kier alpha value is -3.53. The average molecular weight is 449 g/mol. The third-order valence-electron chi connectivity index (χ3n) is 6.57. The van der Waals surface area contributed by atoms with E-state index in [1.54, 1.807) is 29.9 Å². The van der Waals surface area contributed by atoms with Crippen molar-refractivity contribution in [3.63, 3.8) is 0 Å². The maximum Gasteiger partial charge on any atom is 0.276 e. The summed E-state index contributed by atoms with van der Waals surface area (Å²) < 4.78 is 17.9. The number of piperazine rings is 1. The van der Waals surface area contributed by atoms with Crippen LogP contribution in [0.15, 0.2) is 30.9 Å². The predicted octanol–water partition coefficient (Wildman–Crippen LogP) is 2.74. The van der Waals surface area contributed by atoms with Crippen LogP contribution in [0.5, 0.6) is 0 Å². The van der Waals surface area contributed by atoms with Gasteiger partial charge in [-0.05, 0) is 26.7 Å². The molecule has 1 spiro atoms. The van der Waals surface area contributed by atoms with Gasteiger partial charge in [-0.3, -0.25) is 9.48 Å². The number of halogens is 1. The van der Waals surface area contributed by atoms with Crippen molar-refractivity contribution in [3.05, 3.63) is 48.1 Å². The van der Waals surface area contributed by atoms with E-state index in [0.29, 0.717) is 23.4 Å². The highest BCUT2D eigenvalue weighted by atomic mass is 19.1. The number of pyridine rings is 2. The molecule has 170 valence electrons. The maximum atomic E-state index is 14.5. The fraction of sp³-hybridized carbons (Fsp3) is 0.391. The second-order valence-corrected chi connectivity index (χ2v) is 9.01. The number of hydrogen-bond acceptors (Lipinski definition) is 6. The summed E-state index contributed by atoms with van der Waals surface area (Å²) in [6, 6.07) is 1.27. The van der Waals surface area contributed by atoms with E-state index in [2.05, 4.69) is 30.6 Å². The lowest BCUT2D eigenvalue weighted by atomic mass is 10.1. The zero-order valence-electron chi connectivity index (χ0n) is 18.6. The predicted molar refractivity (Wildman–Crippen MR) is 123 cm³/mol. The van der Waals surface area contributed by atoms with E-state index in [1.165, 1.54) is 18.9 Å². The van der Waals surface area contributed by atoms with E-state index in [9.17, 15) is 9.18 Å². The summed E-state index contributed by atoms with van der Waals surface area (Å²) >= 11 is 0. The Morgan fingerprint density at radius 3 is 2.94 bits per heavy atom. The summed E-state index contributed by atoms with van der Waals surface area (Å²) in [6.45, 7) is 7.21. The number of aromatic nitrogens is 5. The molecule has 0 unspecified atom stereocenters. The van der Waals surface area contributed by atoms with Crippen LogP contribution in [-0.4, -0.2) is 55.2 Å². The second-order valence-electron chi connectivity index (χ2n) is 9.01. The molecule has 1 aliphatic carbocycles. The van der Waals surface area contributed by atoms with E-state index in [-0.39, 0.29) is 16.9 Å². The van der Waals surface area contributed by atoms with Gasteiger partial charge in [-0.2, -0.15) is 5.10 Å². The Kier molecular flexibility index (Phi) is 4.41. The van der Waals surface area contributed by atoms with Gasteiger partial charge in [0.05, 0.1) is 23.3 Å². The molecule has 0 radical (unpaired) electrons. The van der Waals surface area contributed by atoms with E-state index in [1.807, 2.05) is 17.8 Å². The highest BCUT2D eigenvalue weighted by molar-refractivity contribution is 6.12. The Morgan fingerprint density at radius 1 is 1.30 bits per heavy atom. The molecule has 0 bridgehead atoms. The van der Waals surface area contributed by atoms with Gasteiger partial charge in [0.2, 0.25) is 0 Å². The first-order valence-electron chi connectivity index (χ1n) is 11.3. The number of imidazole rings is 1. The lowest BCUT2D eigenvalue weighted by molar-refractivity contribution is 0.102. The minimum absolute atomic E-state index is 0.218. The Bertz CT molecular complexity index is 1400. The van der Waals surface area contributed by atoms with E-state index >= 15 is 0 Å². The minimum atomic E-state index is -0.502. The summed E-state index contributed by atoms with van der Waals surface area (Å²) in [4.78, 5) is 24.2. The molecule has 4 aromatic heterocycles. The topological polar surface area (TPSA) is 92.4 Å². The van der Waals surface area contributed by atoms with Crippen LogP contribution in [0.2, 0.25) is 0 Å². The molecule has 33 heavy (non-hydrogen) atoms. The van der Waals surface area contributed by atoms with Crippen LogP contribution < -0.4 is 15.5 Å². The van der Waals surface area contributed by atoms with Crippen LogP contribution >= 0.6 is 0 Å². The highest BCUT2D eigenvalue weighted by Crippen LogP contribution is 2.40. The molecule has 10 heteroatoms. The summed E-state index contributed by atoms with van der Waals surface area (Å²) in [5.41, 5.74) is 3.23. The van der Waals surface area contributed by atoms with Crippen molar-refractivity contribution in [3.8, 4) is 0 Å². The standard InChI is InChI=1S/C23H25FN8O/c1-3-32-12-16-18(30-7-6-26-23(13-30)4-5-23)9-25-20(19(16)29-32)22(33)28-15-8-17(24)21-27-14(2)10-31(21)11-15/h8-12,26H,3-7,13H2,1-2H3,(H,28,33). The van der Waals surface area contributed by atoms with E-state index in [4.69, 9.17) is 0 Å². The zero-order chi connectivity index (χ0) is 22.7. The molecule has 0 atom stereocenters. The summed E-state index contributed by atoms with van der Waals surface area (Å²) in [5, 5.41) is 11.9. The number of fused-ring (bicyclic) bond motifs is 2. The van der Waals surface area contributed by atoms with Gasteiger partial charge in [-0.25, -0.2) is 14.4 Å². The van der Waals surface area contributed by atoms with E-state index < -0.39 is 11.7 Å². The van der Waals surface area contributed by atoms with Crippen LogP contribution in [0.4, 0.5) is 15.8 Å². The first-order chi connectivity index (χ1) is 15.9. The van der Waals surface area contributed by atoms with Crippen LogP contribution in [0.3, 0.4) is 0 Å². The largest absolute Gasteiger partial charge is 0.367 e. The van der Waals surface area contributed by atoms with Crippen molar-refractivity contribution in [2.24, 2.45) is 0 Å².